The Bertz CT molecular complexity index is 444. The molecule has 1 aromatic rings. The van der Waals surface area contributed by atoms with Crippen LogP contribution in [0.5, 0.6) is 0 Å². The first-order valence-corrected chi connectivity index (χ1v) is 6.89. The third-order valence-corrected chi connectivity index (χ3v) is 4.71. The van der Waals surface area contributed by atoms with Gasteiger partial charge < -0.3 is 5.11 Å². The van der Waals surface area contributed by atoms with Gasteiger partial charge in [0.2, 0.25) is 0 Å². The van der Waals surface area contributed by atoms with Crippen LogP contribution >= 0.6 is 11.6 Å². The molecule has 0 aromatic heterocycles. The van der Waals surface area contributed by atoms with Crippen LogP contribution in [-0.4, -0.2) is 10.7 Å². The van der Waals surface area contributed by atoms with Crippen LogP contribution in [0.3, 0.4) is 0 Å². The highest BCUT2D eigenvalue weighted by Crippen LogP contribution is 2.45. The lowest BCUT2D eigenvalue weighted by Gasteiger charge is -2.46. The van der Waals surface area contributed by atoms with E-state index in [0.717, 1.165) is 25.7 Å². The second-order valence-electron chi connectivity index (χ2n) is 6.01. The molecule has 1 aliphatic carbocycles. The molecule has 0 bridgehead atoms. The van der Waals surface area contributed by atoms with Gasteiger partial charge in [0.1, 0.15) is 5.82 Å². The summed E-state index contributed by atoms with van der Waals surface area (Å²) in [6, 6.07) is 4.99. The van der Waals surface area contributed by atoms with Crippen LogP contribution in [0.2, 0.25) is 5.02 Å². The van der Waals surface area contributed by atoms with E-state index in [1.165, 1.54) is 6.07 Å². The highest BCUT2D eigenvalue weighted by Gasteiger charge is 2.45. The molecule has 18 heavy (non-hydrogen) atoms. The molecule has 0 radical (unpaired) electrons. The lowest BCUT2D eigenvalue weighted by Crippen LogP contribution is -2.49. The van der Waals surface area contributed by atoms with E-state index in [0.29, 0.717) is 12.0 Å². The van der Waals surface area contributed by atoms with Crippen molar-refractivity contribution in [2.75, 3.05) is 0 Å². The van der Waals surface area contributed by atoms with Gasteiger partial charge in [-0.25, -0.2) is 4.39 Å². The zero-order valence-electron chi connectivity index (χ0n) is 11.0. The normalized spacial score (nSPS) is 27.2. The van der Waals surface area contributed by atoms with Crippen molar-refractivity contribution in [1.82, 2.24) is 0 Å². The van der Waals surface area contributed by atoms with Gasteiger partial charge in [-0.2, -0.15) is 0 Å². The molecule has 1 unspecified atom stereocenters. The minimum Gasteiger partial charge on any atom is -0.389 e. The van der Waals surface area contributed by atoms with Crippen molar-refractivity contribution in [2.24, 2.45) is 5.41 Å². The fourth-order valence-corrected chi connectivity index (χ4v) is 3.08. The van der Waals surface area contributed by atoms with Crippen LogP contribution < -0.4 is 0 Å². The summed E-state index contributed by atoms with van der Waals surface area (Å²) in [4.78, 5) is 0. The molecule has 1 aliphatic rings. The van der Waals surface area contributed by atoms with Crippen molar-refractivity contribution in [3.63, 3.8) is 0 Å². The summed E-state index contributed by atoms with van der Waals surface area (Å²) >= 11 is 5.79. The molecule has 1 nitrogen and oxygen atoms in total. The average Bonchev–Trinajstić information content (AvgIpc) is 2.29. The Balaban J connectivity index is 2.29. The van der Waals surface area contributed by atoms with E-state index in [4.69, 9.17) is 11.6 Å². The topological polar surface area (TPSA) is 20.2 Å². The van der Waals surface area contributed by atoms with Gasteiger partial charge >= 0.3 is 0 Å². The van der Waals surface area contributed by atoms with Crippen LogP contribution in [0.25, 0.3) is 0 Å². The summed E-state index contributed by atoms with van der Waals surface area (Å²) in [5.74, 6) is -0.394. The lowest BCUT2D eigenvalue weighted by atomic mass is 9.63. The van der Waals surface area contributed by atoms with Crippen LogP contribution in [0.15, 0.2) is 18.2 Å². The van der Waals surface area contributed by atoms with Crippen LogP contribution in [-0.2, 0) is 6.42 Å². The van der Waals surface area contributed by atoms with Crippen molar-refractivity contribution in [1.29, 1.82) is 0 Å². The van der Waals surface area contributed by atoms with Gasteiger partial charge in [0.15, 0.2) is 0 Å². The standard InChI is InChI=1S/C15H20ClFO/c1-14(2)8-3-4-9-15(14,18)10-11-6-5-7-12(16)13(11)17/h5-7,18H,3-4,8-10H2,1-2H3. The monoisotopic (exact) mass is 270 g/mol. The first-order valence-electron chi connectivity index (χ1n) is 6.51. The number of benzene rings is 1. The first-order chi connectivity index (χ1) is 8.36. The van der Waals surface area contributed by atoms with Crippen molar-refractivity contribution in [3.05, 3.63) is 34.6 Å². The van der Waals surface area contributed by atoms with Gasteiger partial charge in [0.25, 0.3) is 0 Å². The van der Waals surface area contributed by atoms with E-state index in [-0.39, 0.29) is 10.4 Å². The van der Waals surface area contributed by atoms with Crippen molar-refractivity contribution in [3.8, 4) is 0 Å². The Hall–Kier alpha value is -0.600. The molecule has 0 saturated heterocycles. The maximum absolute atomic E-state index is 13.9. The Morgan fingerprint density at radius 2 is 1.94 bits per heavy atom. The molecule has 0 amide bonds. The summed E-state index contributed by atoms with van der Waals surface area (Å²) in [6.45, 7) is 4.13. The van der Waals surface area contributed by atoms with Gasteiger partial charge in [0, 0.05) is 6.42 Å². The van der Waals surface area contributed by atoms with Crippen LogP contribution in [0, 0.1) is 11.2 Å². The highest BCUT2D eigenvalue weighted by atomic mass is 35.5. The quantitative estimate of drug-likeness (QED) is 0.847. The summed E-state index contributed by atoms with van der Waals surface area (Å²) in [7, 11) is 0. The molecule has 2 rings (SSSR count). The summed E-state index contributed by atoms with van der Waals surface area (Å²) in [6.07, 6.45) is 4.18. The third kappa shape index (κ3) is 2.41. The number of aliphatic hydroxyl groups is 1. The number of halogens is 2. The molecular formula is C15H20ClFO. The highest BCUT2D eigenvalue weighted by molar-refractivity contribution is 6.30. The molecule has 3 heteroatoms. The van der Waals surface area contributed by atoms with Crippen LogP contribution in [0.1, 0.15) is 45.1 Å². The Morgan fingerprint density at radius 3 is 2.61 bits per heavy atom. The van der Waals surface area contributed by atoms with Crippen LogP contribution in [0.4, 0.5) is 4.39 Å². The fourth-order valence-electron chi connectivity index (χ4n) is 2.88. The van der Waals surface area contributed by atoms with Crippen molar-refractivity contribution < 1.29 is 9.50 Å². The van der Waals surface area contributed by atoms with E-state index in [1.807, 2.05) is 0 Å². The van der Waals surface area contributed by atoms with E-state index >= 15 is 0 Å². The van der Waals surface area contributed by atoms with Crippen molar-refractivity contribution >= 4 is 11.6 Å². The number of rotatable bonds is 2. The molecule has 1 N–H and O–H groups in total. The fraction of sp³-hybridized carbons (Fsp3) is 0.600. The summed E-state index contributed by atoms with van der Waals surface area (Å²) < 4.78 is 13.9. The SMILES string of the molecule is CC1(C)CCCCC1(O)Cc1cccc(Cl)c1F. The van der Waals surface area contributed by atoms with Crippen molar-refractivity contribution in [2.45, 2.75) is 51.6 Å². The first kappa shape index (κ1) is 13.8. The second kappa shape index (κ2) is 4.82. The Kier molecular flexibility index (Phi) is 3.70. The van der Waals surface area contributed by atoms with E-state index in [2.05, 4.69) is 13.8 Å². The predicted octanol–water partition coefficient (Wildman–Crippen LogP) is 4.35. The molecule has 100 valence electrons. The molecule has 1 saturated carbocycles. The molecule has 0 aliphatic heterocycles. The van der Waals surface area contributed by atoms with Gasteiger partial charge in [0.05, 0.1) is 10.6 Å². The zero-order chi connectivity index (χ0) is 13.4. The lowest BCUT2D eigenvalue weighted by molar-refractivity contribution is -0.0962. The zero-order valence-corrected chi connectivity index (χ0v) is 11.7. The maximum Gasteiger partial charge on any atom is 0.145 e. The van der Waals surface area contributed by atoms with E-state index in [1.54, 1.807) is 12.1 Å². The minimum atomic E-state index is -0.837. The minimum absolute atomic E-state index is 0.129. The second-order valence-corrected chi connectivity index (χ2v) is 6.42. The van der Waals surface area contributed by atoms with Gasteiger partial charge in [-0.3, -0.25) is 0 Å². The smallest absolute Gasteiger partial charge is 0.145 e. The van der Waals surface area contributed by atoms with Gasteiger partial charge in [-0.15, -0.1) is 0 Å². The molecule has 1 aromatic carbocycles. The number of hydrogen-bond donors (Lipinski definition) is 1. The number of hydrogen-bond acceptors (Lipinski definition) is 1. The van der Waals surface area contributed by atoms with Gasteiger partial charge in [-0.1, -0.05) is 50.4 Å². The Morgan fingerprint density at radius 1 is 1.28 bits per heavy atom. The third-order valence-electron chi connectivity index (χ3n) is 4.42. The molecule has 0 heterocycles. The summed E-state index contributed by atoms with van der Waals surface area (Å²) in [5.41, 5.74) is -0.503. The predicted molar refractivity (Wildman–Crippen MR) is 72.3 cm³/mol. The molecule has 1 fully saturated rings. The van der Waals surface area contributed by atoms with E-state index in [9.17, 15) is 9.50 Å². The largest absolute Gasteiger partial charge is 0.389 e. The van der Waals surface area contributed by atoms with Gasteiger partial charge in [-0.05, 0) is 29.9 Å². The molecular weight excluding hydrogens is 251 g/mol. The Labute approximate surface area is 113 Å². The maximum atomic E-state index is 13.9. The molecule has 1 atom stereocenters. The van der Waals surface area contributed by atoms with E-state index < -0.39 is 11.4 Å². The average molecular weight is 271 g/mol. The summed E-state index contributed by atoms with van der Waals surface area (Å²) in [5, 5.41) is 11.0. The molecule has 0 spiro atoms.